The minimum absolute atomic E-state index is 0.0839. The van der Waals surface area contributed by atoms with Crippen LogP contribution in [0.2, 0.25) is 0 Å². The maximum Gasteiger partial charge on any atom is 0.255 e. The fraction of sp³-hybridized carbons (Fsp3) is 0.462. The van der Waals surface area contributed by atoms with Gasteiger partial charge in [0, 0.05) is 23.5 Å². The number of rotatable bonds is 3. The monoisotopic (exact) mass is 266 g/mol. The van der Waals surface area contributed by atoms with Crippen LogP contribution >= 0.6 is 11.8 Å². The molecule has 1 aliphatic rings. The highest BCUT2D eigenvalue weighted by molar-refractivity contribution is 7.99. The molecule has 0 radical (unpaired) electrons. The van der Waals surface area contributed by atoms with E-state index in [-0.39, 0.29) is 11.9 Å². The topological polar surface area (TPSA) is 64.3 Å². The minimum Gasteiger partial charge on any atom is -0.496 e. The number of anilines is 1. The summed E-state index contributed by atoms with van der Waals surface area (Å²) in [7, 11) is 1.54. The average Bonchev–Trinajstić information content (AvgIpc) is 2.39. The number of nitrogens with two attached hydrogens (primary N) is 1. The number of hydrogen-bond donors (Lipinski definition) is 2. The Labute approximate surface area is 111 Å². The first-order valence-corrected chi connectivity index (χ1v) is 7.18. The standard InChI is InChI=1S/C13H18N2O2S/c1-17-12-7-9(14)4-5-11(12)13(16)15-10-3-2-6-18-8-10/h4-5,7,10H,2-3,6,8,14H2,1H3,(H,15,16). The van der Waals surface area contributed by atoms with Crippen molar-refractivity contribution in [2.75, 3.05) is 24.3 Å². The maximum atomic E-state index is 12.2. The number of carbonyl (C=O) groups is 1. The Kier molecular flexibility index (Phi) is 4.36. The van der Waals surface area contributed by atoms with Crippen molar-refractivity contribution in [1.82, 2.24) is 5.32 Å². The second kappa shape index (κ2) is 6.00. The molecule has 0 aliphatic carbocycles. The molecule has 1 aliphatic heterocycles. The predicted octanol–water partition coefficient (Wildman–Crippen LogP) is 1.90. The second-order valence-electron chi connectivity index (χ2n) is 4.35. The molecule has 0 spiro atoms. The van der Waals surface area contributed by atoms with Crippen LogP contribution in [-0.4, -0.2) is 30.6 Å². The molecule has 1 fully saturated rings. The number of hydrogen-bond acceptors (Lipinski definition) is 4. The van der Waals surface area contributed by atoms with E-state index in [4.69, 9.17) is 10.5 Å². The van der Waals surface area contributed by atoms with Crippen LogP contribution in [0, 0.1) is 0 Å². The molecular weight excluding hydrogens is 248 g/mol. The van der Waals surface area contributed by atoms with Gasteiger partial charge in [0.15, 0.2) is 0 Å². The van der Waals surface area contributed by atoms with E-state index in [9.17, 15) is 4.79 Å². The van der Waals surface area contributed by atoms with Crippen molar-refractivity contribution in [3.8, 4) is 5.75 Å². The first-order chi connectivity index (χ1) is 8.70. The van der Waals surface area contributed by atoms with Gasteiger partial charge in [-0.3, -0.25) is 4.79 Å². The number of benzene rings is 1. The summed E-state index contributed by atoms with van der Waals surface area (Å²) in [6.07, 6.45) is 2.21. The molecule has 5 heteroatoms. The van der Waals surface area contributed by atoms with E-state index < -0.39 is 0 Å². The van der Waals surface area contributed by atoms with Gasteiger partial charge >= 0.3 is 0 Å². The number of amides is 1. The lowest BCUT2D eigenvalue weighted by Gasteiger charge is -2.22. The Morgan fingerprint density at radius 1 is 1.56 bits per heavy atom. The summed E-state index contributed by atoms with van der Waals surface area (Å²) in [6, 6.07) is 5.36. The zero-order valence-corrected chi connectivity index (χ0v) is 11.3. The molecule has 1 aromatic rings. The van der Waals surface area contributed by atoms with Crippen molar-refractivity contribution in [2.24, 2.45) is 0 Å². The van der Waals surface area contributed by atoms with Gasteiger partial charge in [0.05, 0.1) is 12.7 Å². The van der Waals surface area contributed by atoms with Crippen molar-refractivity contribution < 1.29 is 9.53 Å². The van der Waals surface area contributed by atoms with Crippen molar-refractivity contribution in [3.05, 3.63) is 23.8 Å². The molecule has 1 heterocycles. The highest BCUT2D eigenvalue weighted by Crippen LogP contribution is 2.22. The molecule has 0 saturated carbocycles. The van der Waals surface area contributed by atoms with Gasteiger partial charge in [0.2, 0.25) is 0 Å². The Morgan fingerprint density at radius 3 is 3.06 bits per heavy atom. The predicted molar refractivity (Wildman–Crippen MR) is 75.2 cm³/mol. The lowest BCUT2D eigenvalue weighted by Crippen LogP contribution is -2.38. The Morgan fingerprint density at radius 2 is 2.39 bits per heavy atom. The summed E-state index contributed by atoms with van der Waals surface area (Å²) >= 11 is 1.89. The third-order valence-electron chi connectivity index (χ3n) is 2.97. The molecule has 0 bridgehead atoms. The fourth-order valence-corrected chi connectivity index (χ4v) is 3.09. The number of ether oxygens (including phenoxy) is 1. The number of thioether (sulfide) groups is 1. The van der Waals surface area contributed by atoms with E-state index in [0.717, 1.165) is 18.6 Å². The summed E-state index contributed by atoms with van der Waals surface area (Å²) in [6.45, 7) is 0. The molecule has 4 nitrogen and oxygen atoms in total. The SMILES string of the molecule is COc1cc(N)ccc1C(=O)NC1CCCSC1. The van der Waals surface area contributed by atoms with Crippen LogP contribution in [0.5, 0.6) is 5.75 Å². The van der Waals surface area contributed by atoms with Crippen LogP contribution in [0.3, 0.4) is 0 Å². The van der Waals surface area contributed by atoms with Gasteiger partial charge in [0.1, 0.15) is 5.75 Å². The van der Waals surface area contributed by atoms with E-state index in [1.165, 1.54) is 5.75 Å². The van der Waals surface area contributed by atoms with Crippen LogP contribution < -0.4 is 15.8 Å². The van der Waals surface area contributed by atoms with E-state index in [0.29, 0.717) is 17.0 Å². The second-order valence-corrected chi connectivity index (χ2v) is 5.50. The first kappa shape index (κ1) is 13.1. The zero-order valence-electron chi connectivity index (χ0n) is 10.4. The van der Waals surface area contributed by atoms with Crippen LogP contribution in [0.25, 0.3) is 0 Å². The Bertz CT molecular complexity index is 431. The normalized spacial score (nSPS) is 19.3. The highest BCUT2D eigenvalue weighted by Gasteiger charge is 2.19. The summed E-state index contributed by atoms with van der Waals surface area (Å²) < 4.78 is 5.19. The van der Waals surface area contributed by atoms with Crippen molar-refractivity contribution >= 4 is 23.4 Å². The Hall–Kier alpha value is -1.36. The van der Waals surface area contributed by atoms with Gasteiger partial charge in [0.25, 0.3) is 5.91 Å². The fourth-order valence-electron chi connectivity index (χ4n) is 2.01. The number of nitrogen functional groups attached to an aromatic ring is 1. The van der Waals surface area contributed by atoms with E-state index in [1.54, 1.807) is 25.3 Å². The van der Waals surface area contributed by atoms with Crippen molar-refractivity contribution in [2.45, 2.75) is 18.9 Å². The first-order valence-electron chi connectivity index (χ1n) is 6.03. The summed E-state index contributed by atoms with van der Waals surface area (Å²) in [5.41, 5.74) is 6.81. The molecule has 18 heavy (non-hydrogen) atoms. The van der Waals surface area contributed by atoms with Crippen LogP contribution in [0.15, 0.2) is 18.2 Å². The van der Waals surface area contributed by atoms with E-state index >= 15 is 0 Å². The lowest BCUT2D eigenvalue weighted by atomic mass is 10.1. The molecule has 0 aromatic heterocycles. The van der Waals surface area contributed by atoms with Crippen LogP contribution in [-0.2, 0) is 0 Å². The maximum absolute atomic E-state index is 12.2. The van der Waals surface area contributed by atoms with Crippen LogP contribution in [0.4, 0.5) is 5.69 Å². The van der Waals surface area contributed by atoms with Crippen molar-refractivity contribution in [1.29, 1.82) is 0 Å². The average molecular weight is 266 g/mol. The molecule has 1 saturated heterocycles. The molecule has 1 unspecified atom stereocenters. The largest absolute Gasteiger partial charge is 0.496 e. The Balaban J connectivity index is 2.08. The quantitative estimate of drug-likeness (QED) is 0.820. The third-order valence-corrected chi connectivity index (χ3v) is 4.18. The summed E-state index contributed by atoms with van der Waals surface area (Å²) in [5, 5.41) is 3.05. The van der Waals surface area contributed by atoms with Crippen molar-refractivity contribution in [3.63, 3.8) is 0 Å². The lowest BCUT2D eigenvalue weighted by molar-refractivity contribution is 0.0935. The molecule has 1 aromatic carbocycles. The molecule has 1 amide bonds. The third kappa shape index (κ3) is 3.10. The number of methoxy groups -OCH3 is 1. The summed E-state index contributed by atoms with van der Waals surface area (Å²) in [4.78, 5) is 12.2. The van der Waals surface area contributed by atoms with Gasteiger partial charge in [-0.05, 0) is 30.7 Å². The van der Waals surface area contributed by atoms with E-state index in [2.05, 4.69) is 5.32 Å². The van der Waals surface area contributed by atoms with Gasteiger partial charge in [-0.2, -0.15) is 11.8 Å². The molecule has 1 atom stereocenters. The van der Waals surface area contributed by atoms with Gasteiger partial charge < -0.3 is 15.8 Å². The molecular formula is C13H18N2O2S. The smallest absolute Gasteiger partial charge is 0.255 e. The molecule has 98 valence electrons. The molecule has 3 N–H and O–H groups in total. The van der Waals surface area contributed by atoms with Gasteiger partial charge in [-0.15, -0.1) is 0 Å². The van der Waals surface area contributed by atoms with Gasteiger partial charge in [-0.25, -0.2) is 0 Å². The van der Waals surface area contributed by atoms with Gasteiger partial charge in [-0.1, -0.05) is 0 Å². The number of nitrogens with one attached hydrogen (secondary N) is 1. The zero-order chi connectivity index (χ0) is 13.0. The van der Waals surface area contributed by atoms with E-state index in [1.807, 2.05) is 11.8 Å². The highest BCUT2D eigenvalue weighted by atomic mass is 32.2. The minimum atomic E-state index is -0.0839. The summed E-state index contributed by atoms with van der Waals surface area (Å²) in [5.74, 6) is 2.62. The van der Waals surface area contributed by atoms with Crippen LogP contribution in [0.1, 0.15) is 23.2 Å². The molecule has 2 rings (SSSR count). The number of carbonyl (C=O) groups excluding carboxylic acids is 1.